The fraction of sp³-hybridized carbons (Fsp3) is 0.345. The Balaban J connectivity index is 1.41. The van der Waals surface area contributed by atoms with Crippen molar-refractivity contribution in [2.24, 2.45) is 0 Å². The summed E-state index contributed by atoms with van der Waals surface area (Å²) in [6.07, 6.45) is 3.02. The van der Waals surface area contributed by atoms with E-state index in [1.807, 2.05) is 24.3 Å². The molecule has 0 spiro atoms. The molecule has 0 radical (unpaired) electrons. The lowest BCUT2D eigenvalue weighted by atomic mass is 9.88. The van der Waals surface area contributed by atoms with Gasteiger partial charge in [0, 0.05) is 12.6 Å². The fourth-order valence-corrected chi connectivity index (χ4v) is 5.53. The van der Waals surface area contributed by atoms with Gasteiger partial charge < -0.3 is 14.8 Å². The van der Waals surface area contributed by atoms with Crippen LogP contribution in [0.3, 0.4) is 0 Å². The molecule has 2 unspecified atom stereocenters. The molecule has 2 aliphatic rings. The van der Waals surface area contributed by atoms with Gasteiger partial charge in [0.1, 0.15) is 0 Å². The van der Waals surface area contributed by atoms with Gasteiger partial charge in [0.2, 0.25) is 5.91 Å². The van der Waals surface area contributed by atoms with E-state index in [4.69, 9.17) is 9.47 Å². The molecule has 7 heteroatoms. The van der Waals surface area contributed by atoms with Crippen LogP contribution in [0, 0.1) is 11.6 Å². The van der Waals surface area contributed by atoms with Crippen LogP contribution < -0.4 is 14.8 Å². The van der Waals surface area contributed by atoms with Gasteiger partial charge in [0.15, 0.2) is 23.1 Å². The molecule has 36 heavy (non-hydrogen) atoms. The maximum Gasteiger partial charge on any atom is 0.234 e. The van der Waals surface area contributed by atoms with Gasteiger partial charge in [-0.3, -0.25) is 9.69 Å². The monoisotopic (exact) mass is 492 g/mol. The molecular weight excluding hydrogens is 462 g/mol. The predicted octanol–water partition coefficient (Wildman–Crippen LogP) is 4.93. The van der Waals surface area contributed by atoms with E-state index in [2.05, 4.69) is 22.3 Å². The smallest absolute Gasteiger partial charge is 0.234 e. The Labute approximate surface area is 210 Å². The summed E-state index contributed by atoms with van der Waals surface area (Å²) in [4.78, 5) is 15.3. The summed E-state index contributed by atoms with van der Waals surface area (Å²) in [7, 11) is 3.19. The van der Waals surface area contributed by atoms with Gasteiger partial charge in [-0.1, -0.05) is 30.3 Å². The summed E-state index contributed by atoms with van der Waals surface area (Å²) in [6, 6.07) is 15.9. The van der Waals surface area contributed by atoms with Crippen LogP contribution in [0.2, 0.25) is 0 Å². The van der Waals surface area contributed by atoms with Crippen molar-refractivity contribution < 1.29 is 23.0 Å². The number of rotatable bonds is 7. The average Bonchev–Trinajstić information content (AvgIpc) is 3.29. The van der Waals surface area contributed by atoms with E-state index in [0.29, 0.717) is 30.0 Å². The highest BCUT2D eigenvalue weighted by Gasteiger charge is 2.32. The van der Waals surface area contributed by atoms with Crippen LogP contribution in [-0.2, 0) is 24.1 Å². The Kier molecular flexibility index (Phi) is 6.92. The first-order chi connectivity index (χ1) is 17.5. The second-order valence-electron chi connectivity index (χ2n) is 9.45. The number of benzene rings is 3. The highest BCUT2D eigenvalue weighted by atomic mass is 19.2. The van der Waals surface area contributed by atoms with Crippen molar-refractivity contribution in [3.05, 3.63) is 94.0 Å². The van der Waals surface area contributed by atoms with Gasteiger partial charge >= 0.3 is 0 Å². The summed E-state index contributed by atoms with van der Waals surface area (Å²) in [5.41, 5.74) is 5.23. The molecule has 1 amide bonds. The molecule has 1 N–H and O–H groups in total. The van der Waals surface area contributed by atoms with Crippen LogP contribution in [0.1, 0.15) is 46.3 Å². The van der Waals surface area contributed by atoms with Crippen molar-refractivity contribution in [1.29, 1.82) is 0 Å². The maximum atomic E-state index is 14.0. The van der Waals surface area contributed by atoms with E-state index in [-0.39, 0.29) is 24.5 Å². The van der Waals surface area contributed by atoms with Gasteiger partial charge in [-0.25, -0.2) is 8.78 Å². The second-order valence-corrected chi connectivity index (χ2v) is 9.45. The molecule has 1 heterocycles. The normalized spacial score (nSPS) is 18.9. The van der Waals surface area contributed by atoms with Crippen molar-refractivity contribution >= 4 is 5.91 Å². The Hall–Kier alpha value is -3.45. The third-order valence-electron chi connectivity index (χ3n) is 7.34. The van der Waals surface area contributed by atoms with Crippen molar-refractivity contribution in [2.75, 3.05) is 27.3 Å². The Morgan fingerprint density at radius 1 is 0.944 bits per heavy atom. The van der Waals surface area contributed by atoms with Crippen molar-refractivity contribution in [3.63, 3.8) is 0 Å². The molecule has 0 saturated carbocycles. The zero-order valence-electron chi connectivity index (χ0n) is 20.5. The van der Waals surface area contributed by atoms with Crippen molar-refractivity contribution in [1.82, 2.24) is 10.2 Å². The third-order valence-corrected chi connectivity index (χ3v) is 7.34. The number of hydrogen-bond acceptors (Lipinski definition) is 4. The number of ether oxygens (including phenoxy) is 2. The molecule has 0 aromatic heterocycles. The van der Waals surface area contributed by atoms with Crippen LogP contribution in [0.4, 0.5) is 8.78 Å². The highest BCUT2D eigenvalue weighted by molar-refractivity contribution is 5.79. The topological polar surface area (TPSA) is 50.8 Å². The number of nitrogens with one attached hydrogen (secondary N) is 1. The van der Waals surface area contributed by atoms with Crippen molar-refractivity contribution in [2.45, 2.75) is 37.8 Å². The summed E-state index contributed by atoms with van der Waals surface area (Å²) in [5.74, 6) is -0.549. The zero-order valence-corrected chi connectivity index (χ0v) is 20.5. The number of hydrogen-bond donors (Lipinski definition) is 1. The number of amides is 1. The predicted molar refractivity (Wildman–Crippen MR) is 133 cm³/mol. The molecule has 3 aromatic carbocycles. The molecule has 2 atom stereocenters. The van der Waals surface area contributed by atoms with Gasteiger partial charge in [-0.15, -0.1) is 0 Å². The number of fused-ring (bicyclic) bond motifs is 2. The summed E-state index contributed by atoms with van der Waals surface area (Å²) in [5, 5.41) is 3.21. The SMILES string of the molecule is COc1cc2c(cc1OC)C(Cc1ccc(F)c(F)c1)N(CC(=O)NC1CCc3ccccc31)CC2. The Morgan fingerprint density at radius 2 is 1.72 bits per heavy atom. The number of aryl methyl sites for hydroxylation is 1. The average molecular weight is 493 g/mol. The number of nitrogens with zero attached hydrogens (tertiary/aromatic N) is 1. The zero-order chi connectivity index (χ0) is 25.2. The minimum Gasteiger partial charge on any atom is -0.493 e. The number of methoxy groups -OCH3 is 2. The van der Waals surface area contributed by atoms with Gasteiger partial charge in [-0.05, 0) is 77.8 Å². The molecule has 0 saturated heterocycles. The largest absolute Gasteiger partial charge is 0.493 e. The Bertz CT molecular complexity index is 1280. The molecule has 3 aromatic rings. The lowest BCUT2D eigenvalue weighted by Gasteiger charge is -2.37. The van der Waals surface area contributed by atoms with E-state index >= 15 is 0 Å². The van der Waals surface area contributed by atoms with E-state index in [1.165, 1.54) is 17.2 Å². The highest BCUT2D eigenvalue weighted by Crippen LogP contribution is 2.39. The number of halogens is 2. The minimum absolute atomic E-state index is 0.0137. The first-order valence-electron chi connectivity index (χ1n) is 12.3. The lowest BCUT2D eigenvalue weighted by molar-refractivity contribution is -0.123. The summed E-state index contributed by atoms with van der Waals surface area (Å²) < 4.78 is 38.6. The molecular formula is C29H30F2N2O3. The van der Waals surface area contributed by atoms with Crippen LogP contribution >= 0.6 is 0 Å². The van der Waals surface area contributed by atoms with Crippen molar-refractivity contribution in [3.8, 4) is 11.5 Å². The molecule has 1 aliphatic carbocycles. The van der Waals surface area contributed by atoms with Crippen LogP contribution in [0.5, 0.6) is 11.5 Å². The number of carbonyl (C=O) groups is 1. The molecule has 188 valence electrons. The second kappa shape index (κ2) is 10.3. The Morgan fingerprint density at radius 3 is 2.50 bits per heavy atom. The number of carbonyl (C=O) groups excluding carboxylic acids is 1. The van der Waals surface area contributed by atoms with Gasteiger partial charge in [0.25, 0.3) is 0 Å². The third kappa shape index (κ3) is 4.80. The van der Waals surface area contributed by atoms with E-state index in [9.17, 15) is 13.6 Å². The minimum atomic E-state index is -0.875. The maximum absolute atomic E-state index is 14.0. The molecule has 0 bridgehead atoms. The fourth-order valence-electron chi connectivity index (χ4n) is 5.53. The molecule has 0 fully saturated rings. The molecule has 5 rings (SSSR count). The standard InChI is InChI=1S/C29H30F2N2O3/c1-35-27-15-20-11-12-33(17-29(34)32-25-10-8-19-5-3-4-6-21(19)25)26(22(20)16-28(27)36-2)14-18-7-9-23(30)24(31)13-18/h3-7,9,13,15-16,25-26H,8,10-12,14,17H2,1-2H3,(H,32,34). The molecule has 5 nitrogen and oxygen atoms in total. The quantitative estimate of drug-likeness (QED) is 0.508. The first-order valence-corrected chi connectivity index (χ1v) is 12.3. The lowest BCUT2D eigenvalue weighted by Crippen LogP contribution is -2.44. The van der Waals surface area contributed by atoms with Crippen LogP contribution in [-0.4, -0.2) is 38.1 Å². The van der Waals surface area contributed by atoms with Crippen LogP contribution in [0.25, 0.3) is 0 Å². The summed E-state index contributed by atoms with van der Waals surface area (Å²) in [6.45, 7) is 0.867. The van der Waals surface area contributed by atoms with E-state index in [1.54, 1.807) is 20.3 Å². The van der Waals surface area contributed by atoms with E-state index in [0.717, 1.165) is 36.5 Å². The van der Waals surface area contributed by atoms with Crippen LogP contribution in [0.15, 0.2) is 54.6 Å². The first kappa shape index (κ1) is 24.3. The van der Waals surface area contributed by atoms with Gasteiger partial charge in [-0.2, -0.15) is 0 Å². The summed E-state index contributed by atoms with van der Waals surface area (Å²) >= 11 is 0. The van der Waals surface area contributed by atoms with E-state index < -0.39 is 11.6 Å². The molecule has 1 aliphatic heterocycles. The van der Waals surface area contributed by atoms with Gasteiger partial charge in [0.05, 0.1) is 26.8 Å².